The molecule has 0 bridgehead atoms. The summed E-state index contributed by atoms with van der Waals surface area (Å²) >= 11 is 6.01. The van der Waals surface area contributed by atoms with Crippen molar-refractivity contribution in [2.24, 2.45) is 0 Å². The molecule has 2 saturated heterocycles. The zero-order chi connectivity index (χ0) is 23.8. The van der Waals surface area contributed by atoms with Crippen molar-refractivity contribution in [1.82, 2.24) is 14.1 Å². The molecular formula is C23H25ClFN3O4S. The molecule has 2 aromatic rings. The third-order valence-electron chi connectivity index (χ3n) is 6.16. The molecule has 0 aromatic heterocycles. The lowest BCUT2D eigenvalue weighted by atomic mass is 10.1. The van der Waals surface area contributed by atoms with Crippen LogP contribution in [0.3, 0.4) is 0 Å². The summed E-state index contributed by atoms with van der Waals surface area (Å²) in [6.07, 6.45) is 1.08. The van der Waals surface area contributed by atoms with Gasteiger partial charge in [0.25, 0.3) is 5.91 Å². The molecule has 33 heavy (non-hydrogen) atoms. The molecular weight excluding hydrogens is 469 g/mol. The number of carbonyl (C=O) groups is 2. The van der Waals surface area contributed by atoms with E-state index >= 15 is 0 Å². The van der Waals surface area contributed by atoms with Crippen LogP contribution in [0.1, 0.15) is 28.8 Å². The van der Waals surface area contributed by atoms with E-state index in [4.69, 9.17) is 11.6 Å². The van der Waals surface area contributed by atoms with Crippen LogP contribution in [-0.4, -0.2) is 73.1 Å². The quantitative estimate of drug-likeness (QED) is 0.656. The highest BCUT2D eigenvalue weighted by Crippen LogP contribution is 2.28. The predicted octanol–water partition coefficient (Wildman–Crippen LogP) is 2.93. The molecule has 7 nitrogen and oxygen atoms in total. The van der Waals surface area contributed by atoms with Crippen LogP contribution in [0.5, 0.6) is 0 Å². The van der Waals surface area contributed by atoms with Gasteiger partial charge in [-0.25, -0.2) is 12.8 Å². The molecule has 2 heterocycles. The number of hydrogen-bond donors (Lipinski definition) is 0. The Balaban J connectivity index is 1.42. The highest BCUT2D eigenvalue weighted by atomic mass is 35.5. The first-order chi connectivity index (χ1) is 15.7. The summed E-state index contributed by atoms with van der Waals surface area (Å²) in [5, 5.41) is 0.0430. The molecule has 2 aromatic carbocycles. The molecule has 4 rings (SSSR count). The van der Waals surface area contributed by atoms with E-state index in [1.54, 1.807) is 34.1 Å². The maximum Gasteiger partial charge on any atom is 0.255 e. The van der Waals surface area contributed by atoms with Crippen LogP contribution in [-0.2, 0) is 14.8 Å². The van der Waals surface area contributed by atoms with Crippen LogP contribution in [0, 0.1) is 12.7 Å². The SMILES string of the molecule is Cc1ccc(S(=O)(=O)N2CCC[C@H]2C(=O)N2CCN(C(=O)c3ccc(F)cc3Cl)CC2)cc1. The number of halogens is 2. The topological polar surface area (TPSA) is 78.0 Å². The van der Waals surface area contributed by atoms with Gasteiger partial charge in [0, 0.05) is 32.7 Å². The second-order valence-electron chi connectivity index (χ2n) is 8.33. The number of rotatable bonds is 4. The van der Waals surface area contributed by atoms with Gasteiger partial charge >= 0.3 is 0 Å². The van der Waals surface area contributed by atoms with E-state index in [2.05, 4.69) is 0 Å². The van der Waals surface area contributed by atoms with Gasteiger partial charge in [0.15, 0.2) is 0 Å². The number of nitrogens with zero attached hydrogens (tertiary/aromatic N) is 3. The van der Waals surface area contributed by atoms with Crippen molar-refractivity contribution in [1.29, 1.82) is 0 Å². The van der Waals surface area contributed by atoms with Crippen molar-refractivity contribution in [2.45, 2.75) is 30.7 Å². The molecule has 2 fully saturated rings. The van der Waals surface area contributed by atoms with Crippen LogP contribution in [0.25, 0.3) is 0 Å². The Bertz CT molecular complexity index is 1160. The van der Waals surface area contributed by atoms with Crippen LogP contribution >= 0.6 is 11.6 Å². The lowest BCUT2D eigenvalue weighted by molar-refractivity contribution is -0.136. The average Bonchev–Trinajstić information content (AvgIpc) is 3.30. The molecule has 2 aliphatic heterocycles. The molecule has 0 radical (unpaired) electrons. The molecule has 2 amide bonds. The van der Waals surface area contributed by atoms with Crippen LogP contribution in [0.4, 0.5) is 4.39 Å². The van der Waals surface area contributed by atoms with Crippen molar-refractivity contribution in [3.8, 4) is 0 Å². The van der Waals surface area contributed by atoms with Gasteiger partial charge in [-0.1, -0.05) is 29.3 Å². The molecule has 0 N–H and O–H groups in total. The fourth-order valence-corrected chi connectivity index (χ4v) is 6.19. The first-order valence-corrected chi connectivity index (χ1v) is 12.6. The summed E-state index contributed by atoms with van der Waals surface area (Å²) in [4.78, 5) is 29.4. The predicted molar refractivity (Wildman–Crippen MR) is 122 cm³/mol. The standard InChI is InChI=1S/C23H25ClFN3O4S/c1-16-4-7-18(8-5-16)33(31,32)28-10-2-3-21(28)23(30)27-13-11-26(12-14-27)22(29)19-9-6-17(25)15-20(19)24/h4-9,15,21H,2-3,10-14H2,1H3/t21-/m0/s1. The first-order valence-electron chi connectivity index (χ1n) is 10.8. The van der Waals surface area contributed by atoms with Crippen molar-refractivity contribution in [3.05, 3.63) is 64.4 Å². The van der Waals surface area contributed by atoms with E-state index in [1.165, 1.54) is 16.4 Å². The van der Waals surface area contributed by atoms with Crippen molar-refractivity contribution in [3.63, 3.8) is 0 Å². The maximum absolute atomic E-state index is 13.3. The van der Waals surface area contributed by atoms with Crippen LogP contribution in [0.15, 0.2) is 47.4 Å². The second kappa shape index (κ2) is 9.40. The number of benzene rings is 2. The van der Waals surface area contributed by atoms with E-state index in [-0.39, 0.29) is 53.5 Å². The Labute approximate surface area is 197 Å². The Morgan fingerprint density at radius 1 is 0.970 bits per heavy atom. The molecule has 176 valence electrons. The van der Waals surface area contributed by atoms with E-state index in [1.807, 2.05) is 6.92 Å². The van der Waals surface area contributed by atoms with E-state index in [0.717, 1.165) is 11.6 Å². The second-order valence-corrected chi connectivity index (χ2v) is 10.6. The third kappa shape index (κ3) is 4.76. The first kappa shape index (κ1) is 23.7. The lowest BCUT2D eigenvalue weighted by Crippen LogP contribution is -2.55. The number of hydrogen-bond acceptors (Lipinski definition) is 4. The summed E-state index contributed by atoms with van der Waals surface area (Å²) in [7, 11) is -3.78. The largest absolute Gasteiger partial charge is 0.338 e. The van der Waals surface area contributed by atoms with Crippen molar-refractivity contribution in [2.75, 3.05) is 32.7 Å². The van der Waals surface area contributed by atoms with Crippen molar-refractivity contribution < 1.29 is 22.4 Å². The monoisotopic (exact) mass is 493 g/mol. The minimum absolute atomic E-state index is 0.0430. The van der Waals surface area contributed by atoms with Crippen molar-refractivity contribution >= 4 is 33.4 Å². The van der Waals surface area contributed by atoms with E-state index < -0.39 is 21.9 Å². The number of carbonyl (C=O) groups excluding carboxylic acids is 2. The Kier molecular flexibility index (Phi) is 6.74. The van der Waals surface area contributed by atoms with Gasteiger partial charge in [-0.3, -0.25) is 9.59 Å². The fraction of sp³-hybridized carbons (Fsp3) is 0.391. The number of aryl methyl sites for hydroxylation is 1. The smallest absolute Gasteiger partial charge is 0.255 e. The molecule has 0 unspecified atom stereocenters. The van der Waals surface area contributed by atoms with Gasteiger partial charge in [-0.15, -0.1) is 0 Å². The van der Waals surface area contributed by atoms with Gasteiger partial charge in [0.2, 0.25) is 15.9 Å². The van der Waals surface area contributed by atoms with E-state index in [0.29, 0.717) is 19.4 Å². The summed E-state index contributed by atoms with van der Waals surface area (Å²) in [6, 6.07) is 9.49. The Morgan fingerprint density at radius 2 is 1.61 bits per heavy atom. The maximum atomic E-state index is 13.3. The normalized spacial score (nSPS) is 19.7. The number of amides is 2. The number of piperazine rings is 1. The average molecular weight is 494 g/mol. The van der Waals surface area contributed by atoms with Gasteiger partial charge < -0.3 is 9.80 Å². The fourth-order valence-electron chi connectivity index (χ4n) is 4.29. The summed E-state index contributed by atoms with van der Waals surface area (Å²) in [5.41, 5.74) is 1.17. The molecule has 10 heteroatoms. The zero-order valence-corrected chi connectivity index (χ0v) is 19.8. The zero-order valence-electron chi connectivity index (χ0n) is 18.2. The Hall–Kier alpha value is -2.49. The number of sulfonamides is 1. The highest BCUT2D eigenvalue weighted by molar-refractivity contribution is 7.89. The molecule has 0 aliphatic carbocycles. The lowest BCUT2D eigenvalue weighted by Gasteiger charge is -2.37. The summed E-state index contributed by atoms with van der Waals surface area (Å²) in [6.45, 7) is 3.34. The Morgan fingerprint density at radius 3 is 2.24 bits per heavy atom. The highest BCUT2D eigenvalue weighted by Gasteiger charge is 2.41. The van der Waals surface area contributed by atoms with Gasteiger partial charge in [0.1, 0.15) is 11.9 Å². The molecule has 0 saturated carbocycles. The minimum Gasteiger partial charge on any atom is -0.338 e. The molecule has 2 aliphatic rings. The minimum atomic E-state index is -3.78. The third-order valence-corrected chi connectivity index (χ3v) is 8.39. The van der Waals surface area contributed by atoms with Gasteiger partial charge in [-0.05, 0) is 50.1 Å². The van der Waals surface area contributed by atoms with Gasteiger partial charge in [0.05, 0.1) is 15.5 Å². The summed E-state index contributed by atoms with van der Waals surface area (Å²) in [5.74, 6) is -1.08. The molecule has 1 atom stereocenters. The summed E-state index contributed by atoms with van der Waals surface area (Å²) < 4.78 is 40.9. The van der Waals surface area contributed by atoms with Gasteiger partial charge in [-0.2, -0.15) is 4.31 Å². The van der Waals surface area contributed by atoms with Crippen LogP contribution in [0.2, 0.25) is 5.02 Å². The van der Waals surface area contributed by atoms with Crippen LogP contribution < -0.4 is 0 Å². The molecule has 0 spiro atoms. The van der Waals surface area contributed by atoms with E-state index in [9.17, 15) is 22.4 Å².